The fourth-order valence-electron chi connectivity index (χ4n) is 14.0. The quantitative estimate of drug-likeness (QED) is 0.217. The van der Waals surface area contributed by atoms with Crippen LogP contribution < -0.4 is 5.56 Å². The molecule has 6 heteroatoms. The van der Waals surface area contributed by atoms with Gasteiger partial charge in [0.15, 0.2) is 0 Å². The van der Waals surface area contributed by atoms with E-state index in [0.29, 0.717) is 35.9 Å². The van der Waals surface area contributed by atoms with Gasteiger partial charge < -0.3 is 9.84 Å². The number of hydrogen-bond acceptors (Lipinski definition) is 3. The van der Waals surface area contributed by atoms with Crippen LogP contribution in [0, 0.1) is 57.7 Å². The first-order chi connectivity index (χ1) is 24.6. The normalized spacial score (nSPS) is 36.4. The molecule has 2 aromatic rings. The van der Waals surface area contributed by atoms with Crippen molar-refractivity contribution in [2.75, 3.05) is 0 Å². The number of carboxylic acids is 1. The van der Waals surface area contributed by atoms with E-state index in [0.717, 1.165) is 37.8 Å². The van der Waals surface area contributed by atoms with E-state index in [4.69, 9.17) is 4.74 Å². The first-order valence-corrected chi connectivity index (χ1v) is 20.8. The molecule has 1 heterocycles. The third-order valence-electron chi connectivity index (χ3n) is 17.0. The molecule has 0 amide bonds. The second-order valence-corrected chi connectivity index (χ2v) is 20.7. The van der Waals surface area contributed by atoms with E-state index in [1.165, 1.54) is 43.4 Å². The molecule has 53 heavy (non-hydrogen) atoms. The smallest absolute Gasteiger partial charge is 0.309 e. The lowest BCUT2D eigenvalue weighted by Gasteiger charge is -2.72. The summed E-state index contributed by atoms with van der Waals surface area (Å²) in [6.07, 6.45) is 11.9. The third kappa shape index (κ3) is 5.44. The fraction of sp³-hybridized carbons (Fsp3) is 0.702. The Morgan fingerprint density at radius 2 is 1.62 bits per heavy atom. The highest BCUT2D eigenvalue weighted by Gasteiger charge is 2.70. The van der Waals surface area contributed by atoms with Crippen molar-refractivity contribution < 1.29 is 14.6 Å². The zero-order chi connectivity index (χ0) is 38.7. The first-order valence-electron chi connectivity index (χ1n) is 20.8. The number of aromatic nitrogens is 2. The molecule has 1 unspecified atom stereocenters. The molecule has 4 saturated carbocycles. The number of hydrogen-bond donors (Lipinski definition) is 1. The molecule has 1 N–H and O–H groups in total. The maximum Gasteiger partial charge on any atom is 0.309 e. The van der Waals surface area contributed by atoms with Crippen LogP contribution in [0.15, 0.2) is 58.6 Å². The molecule has 7 rings (SSSR count). The van der Waals surface area contributed by atoms with Crippen molar-refractivity contribution >= 4 is 5.97 Å². The fourth-order valence-corrected chi connectivity index (χ4v) is 14.0. The average molecular weight is 725 g/mol. The Morgan fingerprint density at radius 3 is 2.26 bits per heavy atom. The van der Waals surface area contributed by atoms with Crippen molar-refractivity contribution in [2.45, 2.75) is 151 Å². The van der Waals surface area contributed by atoms with Crippen LogP contribution in [0.25, 0.3) is 5.69 Å². The maximum atomic E-state index is 13.9. The minimum absolute atomic E-state index is 0.0420. The van der Waals surface area contributed by atoms with Gasteiger partial charge in [-0.2, -0.15) is 0 Å². The zero-order valence-corrected chi connectivity index (χ0v) is 34.8. The highest BCUT2D eigenvalue weighted by atomic mass is 16.5. The van der Waals surface area contributed by atoms with E-state index in [2.05, 4.69) is 98.0 Å². The van der Waals surface area contributed by atoms with E-state index in [-0.39, 0.29) is 38.7 Å². The minimum atomic E-state index is -0.896. The number of allylic oxidation sites excluding steroid dienone is 3. The molecule has 290 valence electrons. The van der Waals surface area contributed by atoms with Crippen molar-refractivity contribution in [1.82, 2.24) is 9.36 Å². The van der Waals surface area contributed by atoms with Gasteiger partial charge in [0, 0.05) is 30.4 Å². The Kier molecular flexibility index (Phi) is 9.02. The Hall–Kier alpha value is -3.02. The highest BCUT2D eigenvalue weighted by Crippen LogP contribution is 2.77. The highest BCUT2D eigenvalue weighted by molar-refractivity contribution is 5.73. The van der Waals surface area contributed by atoms with Gasteiger partial charge in [0.25, 0.3) is 5.56 Å². The van der Waals surface area contributed by atoms with Crippen LogP contribution in [0.5, 0.6) is 0 Å². The van der Waals surface area contributed by atoms with Gasteiger partial charge in [0.05, 0.1) is 22.6 Å². The van der Waals surface area contributed by atoms with Gasteiger partial charge in [0.1, 0.15) is 6.10 Å². The Labute approximate surface area is 319 Å². The molecule has 0 bridgehead atoms. The Morgan fingerprint density at radius 1 is 0.943 bits per heavy atom. The average Bonchev–Trinajstić information content (AvgIpc) is 3.60. The van der Waals surface area contributed by atoms with Crippen LogP contribution in [0.3, 0.4) is 0 Å². The SMILES string of the molecule is C=C(CC(C)(C)C(=O)O)O[C@H]1CCC2(C)[C@H]3CC[C@@H]4C5=C(C(C)C)CC[C@]5(c5cc(=O)n(-c6ccc(C)cc6)n5C)CC[C@@]4(C)[C@]3(C)CC[C@H]2C1(C)C. The molecular weight excluding hydrogens is 657 g/mol. The molecule has 1 aromatic heterocycles. The number of benzene rings is 1. The predicted octanol–water partition coefficient (Wildman–Crippen LogP) is 10.9. The summed E-state index contributed by atoms with van der Waals surface area (Å²) in [5.41, 5.74) is 6.38. The van der Waals surface area contributed by atoms with Crippen molar-refractivity contribution in [1.29, 1.82) is 0 Å². The van der Waals surface area contributed by atoms with Gasteiger partial charge >= 0.3 is 5.97 Å². The third-order valence-corrected chi connectivity index (χ3v) is 17.0. The molecule has 4 fully saturated rings. The molecular formula is C47H68N2O4. The summed E-state index contributed by atoms with van der Waals surface area (Å²) < 4.78 is 10.8. The topological polar surface area (TPSA) is 73.5 Å². The van der Waals surface area contributed by atoms with Crippen LogP contribution >= 0.6 is 0 Å². The van der Waals surface area contributed by atoms with Gasteiger partial charge in [-0.05, 0) is 137 Å². The number of carboxylic acid groups (broad SMARTS) is 1. The largest absolute Gasteiger partial charge is 0.495 e. The maximum absolute atomic E-state index is 13.9. The van der Waals surface area contributed by atoms with Crippen LogP contribution in [-0.4, -0.2) is 26.5 Å². The van der Waals surface area contributed by atoms with E-state index >= 15 is 0 Å². The van der Waals surface area contributed by atoms with Crippen LogP contribution in [0.1, 0.15) is 144 Å². The summed E-state index contributed by atoms with van der Waals surface area (Å²) >= 11 is 0. The summed E-state index contributed by atoms with van der Waals surface area (Å²) in [5.74, 6) is 1.97. The molecule has 5 aliphatic carbocycles. The lowest BCUT2D eigenvalue weighted by molar-refractivity contribution is -0.229. The van der Waals surface area contributed by atoms with Gasteiger partial charge in [-0.25, -0.2) is 4.68 Å². The number of aryl methyl sites for hydroxylation is 1. The van der Waals surface area contributed by atoms with E-state index in [1.807, 2.05) is 10.7 Å². The van der Waals surface area contributed by atoms with E-state index < -0.39 is 11.4 Å². The minimum Gasteiger partial charge on any atom is -0.495 e. The number of ether oxygens (including phenoxy) is 1. The van der Waals surface area contributed by atoms with Gasteiger partial charge in [-0.15, -0.1) is 0 Å². The van der Waals surface area contributed by atoms with Crippen LogP contribution in [-0.2, 0) is 22.0 Å². The lowest BCUT2D eigenvalue weighted by Crippen LogP contribution is -2.66. The molecule has 8 atom stereocenters. The second-order valence-electron chi connectivity index (χ2n) is 20.7. The molecule has 1 aromatic carbocycles. The van der Waals surface area contributed by atoms with Crippen molar-refractivity contribution in [3.63, 3.8) is 0 Å². The van der Waals surface area contributed by atoms with E-state index in [9.17, 15) is 14.7 Å². The van der Waals surface area contributed by atoms with Crippen molar-refractivity contribution in [2.24, 2.45) is 57.8 Å². The van der Waals surface area contributed by atoms with Crippen LogP contribution in [0.4, 0.5) is 0 Å². The summed E-state index contributed by atoms with van der Waals surface area (Å²) in [4.78, 5) is 25.7. The molecule has 6 nitrogen and oxygen atoms in total. The molecule has 0 aliphatic heterocycles. The lowest BCUT2D eigenvalue weighted by atomic mass is 9.33. The summed E-state index contributed by atoms with van der Waals surface area (Å²) in [5, 5.41) is 9.75. The van der Waals surface area contributed by atoms with Gasteiger partial charge in [-0.1, -0.05) is 83.9 Å². The van der Waals surface area contributed by atoms with Gasteiger partial charge in [0.2, 0.25) is 0 Å². The Bertz CT molecular complexity index is 1890. The number of nitrogens with zero attached hydrogens (tertiary/aromatic N) is 2. The summed E-state index contributed by atoms with van der Waals surface area (Å²) in [7, 11) is 2.12. The molecule has 0 saturated heterocycles. The number of fused-ring (bicyclic) bond motifs is 7. The standard InChI is InChI=1S/C47H68N2O4/c1-29(2)33-19-24-47(37-27-39(50)49(48(37)12)32-15-13-30(3)14-16-32)26-25-45(10)34(40(33)47)17-18-36-44(9)22-21-38(53-31(4)28-42(5,6)41(51)52)43(7,8)35(44)20-23-46(36,45)11/h13-16,27,29,34-36,38H,4,17-26,28H2,1-3,5-12H3,(H,51,52)/t34-,35+,36-,38+,44?,45-,46-,47-/m1/s1. The van der Waals surface area contributed by atoms with Crippen molar-refractivity contribution in [3.05, 3.63) is 75.4 Å². The van der Waals surface area contributed by atoms with Crippen LogP contribution in [0.2, 0.25) is 0 Å². The molecule has 5 aliphatic rings. The molecule has 0 spiro atoms. The number of aliphatic carboxylic acids is 1. The predicted molar refractivity (Wildman–Crippen MR) is 214 cm³/mol. The van der Waals surface area contributed by atoms with E-state index in [1.54, 1.807) is 25.0 Å². The Balaban J connectivity index is 1.22. The second kappa shape index (κ2) is 12.5. The monoisotopic (exact) mass is 725 g/mol. The van der Waals surface area contributed by atoms with Gasteiger partial charge in [-0.3, -0.25) is 14.3 Å². The van der Waals surface area contributed by atoms with Crippen molar-refractivity contribution in [3.8, 4) is 5.69 Å². The zero-order valence-electron chi connectivity index (χ0n) is 34.8. The number of rotatable bonds is 8. The summed E-state index contributed by atoms with van der Waals surface area (Å²) in [6, 6.07) is 10.4. The number of carbonyl (C=O) groups is 1. The summed E-state index contributed by atoms with van der Waals surface area (Å²) in [6.45, 7) is 27.5. The molecule has 0 radical (unpaired) electrons. The first kappa shape index (κ1) is 38.3.